The summed E-state index contributed by atoms with van der Waals surface area (Å²) in [5.41, 5.74) is 5.89. The van der Waals surface area contributed by atoms with Crippen LogP contribution in [0, 0.1) is 0 Å². The molecular formula is C12H15ClN4O2. The molecule has 0 spiro atoms. The van der Waals surface area contributed by atoms with Gasteiger partial charge in [-0.15, -0.1) is 0 Å². The SMILES string of the molecule is CCCCCn1c(=O)[nH]c2ncc(Cl)c(C(N)=O)c21. The summed E-state index contributed by atoms with van der Waals surface area (Å²) >= 11 is 5.95. The average Bonchev–Trinajstić information content (AvgIpc) is 2.66. The van der Waals surface area contributed by atoms with Crippen molar-refractivity contribution < 1.29 is 4.79 Å². The van der Waals surface area contributed by atoms with Gasteiger partial charge < -0.3 is 5.73 Å². The number of fused-ring (bicyclic) bond motifs is 1. The first kappa shape index (κ1) is 13.6. The molecule has 0 bridgehead atoms. The van der Waals surface area contributed by atoms with Crippen LogP contribution in [0.1, 0.15) is 36.5 Å². The van der Waals surface area contributed by atoms with Crippen LogP contribution in [0.4, 0.5) is 0 Å². The highest BCUT2D eigenvalue weighted by molar-refractivity contribution is 6.35. The van der Waals surface area contributed by atoms with Gasteiger partial charge in [-0.25, -0.2) is 9.78 Å². The third kappa shape index (κ3) is 2.49. The number of nitrogens with one attached hydrogen (secondary N) is 1. The van der Waals surface area contributed by atoms with E-state index >= 15 is 0 Å². The fraction of sp³-hybridized carbons (Fsp3) is 0.417. The van der Waals surface area contributed by atoms with E-state index in [1.807, 2.05) is 0 Å². The molecular weight excluding hydrogens is 268 g/mol. The van der Waals surface area contributed by atoms with Crippen molar-refractivity contribution in [3.05, 3.63) is 27.3 Å². The van der Waals surface area contributed by atoms with Crippen LogP contribution in [0.5, 0.6) is 0 Å². The number of nitrogens with two attached hydrogens (primary N) is 1. The van der Waals surface area contributed by atoms with Crippen molar-refractivity contribution in [3.63, 3.8) is 0 Å². The van der Waals surface area contributed by atoms with E-state index in [-0.39, 0.29) is 16.3 Å². The summed E-state index contributed by atoms with van der Waals surface area (Å²) in [6.45, 7) is 2.58. The molecule has 2 aromatic heterocycles. The van der Waals surface area contributed by atoms with Crippen molar-refractivity contribution in [2.45, 2.75) is 32.7 Å². The molecule has 102 valence electrons. The Kier molecular flexibility index (Phi) is 3.90. The van der Waals surface area contributed by atoms with Gasteiger partial charge in [0.05, 0.1) is 10.6 Å². The number of aryl methyl sites for hydroxylation is 1. The number of halogens is 1. The minimum Gasteiger partial charge on any atom is -0.365 e. The zero-order valence-electron chi connectivity index (χ0n) is 10.6. The van der Waals surface area contributed by atoms with Crippen molar-refractivity contribution >= 4 is 28.7 Å². The Hall–Kier alpha value is -1.82. The quantitative estimate of drug-likeness (QED) is 0.817. The van der Waals surface area contributed by atoms with Gasteiger partial charge in [-0.2, -0.15) is 0 Å². The normalized spacial score (nSPS) is 11.1. The number of nitrogens with zero attached hydrogens (tertiary/aromatic N) is 2. The third-order valence-corrected chi connectivity index (χ3v) is 3.27. The maximum Gasteiger partial charge on any atom is 0.327 e. The van der Waals surface area contributed by atoms with E-state index in [4.69, 9.17) is 17.3 Å². The Labute approximate surface area is 114 Å². The van der Waals surface area contributed by atoms with E-state index in [0.29, 0.717) is 17.7 Å². The first-order chi connectivity index (χ1) is 9.06. The molecule has 0 aliphatic heterocycles. The van der Waals surface area contributed by atoms with Gasteiger partial charge in [0, 0.05) is 12.7 Å². The molecule has 2 rings (SSSR count). The molecule has 0 aromatic carbocycles. The first-order valence-electron chi connectivity index (χ1n) is 6.13. The molecule has 0 fully saturated rings. The summed E-state index contributed by atoms with van der Waals surface area (Å²) in [5.74, 6) is -0.666. The lowest BCUT2D eigenvalue weighted by molar-refractivity contribution is 0.100. The smallest absolute Gasteiger partial charge is 0.327 e. The summed E-state index contributed by atoms with van der Waals surface area (Å²) < 4.78 is 1.48. The number of unbranched alkanes of at least 4 members (excludes halogenated alkanes) is 2. The number of imidazole rings is 1. The summed E-state index contributed by atoms with van der Waals surface area (Å²) in [5, 5.41) is 0.156. The molecule has 0 saturated heterocycles. The van der Waals surface area contributed by atoms with Gasteiger partial charge in [0.1, 0.15) is 5.52 Å². The van der Waals surface area contributed by atoms with Crippen molar-refractivity contribution in [2.75, 3.05) is 0 Å². The van der Waals surface area contributed by atoms with Gasteiger partial charge in [-0.3, -0.25) is 14.3 Å². The molecule has 0 aliphatic rings. The van der Waals surface area contributed by atoms with Crippen molar-refractivity contribution in [1.29, 1.82) is 0 Å². The number of rotatable bonds is 5. The number of aromatic amines is 1. The third-order valence-electron chi connectivity index (χ3n) is 2.98. The Morgan fingerprint density at radius 2 is 2.26 bits per heavy atom. The summed E-state index contributed by atoms with van der Waals surface area (Å²) in [6, 6.07) is 0. The second-order valence-corrected chi connectivity index (χ2v) is 4.74. The molecule has 0 aliphatic carbocycles. The van der Waals surface area contributed by atoms with Crippen LogP contribution in [0.25, 0.3) is 11.2 Å². The summed E-state index contributed by atoms with van der Waals surface area (Å²) in [7, 11) is 0. The number of H-pyrrole nitrogens is 1. The van der Waals surface area contributed by atoms with E-state index in [0.717, 1.165) is 19.3 Å². The van der Waals surface area contributed by atoms with Crippen LogP contribution in [-0.2, 0) is 6.54 Å². The van der Waals surface area contributed by atoms with Gasteiger partial charge in [0.2, 0.25) is 0 Å². The standard InChI is InChI=1S/C12H15ClN4O2/c1-2-3-4-5-17-9-8(10(14)18)7(13)6-15-11(9)16-12(17)19/h6H,2-5H2,1H3,(H2,14,18)(H,15,16,19). The fourth-order valence-corrected chi connectivity index (χ4v) is 2.30. The van der Waals surface area contributed by atoms with Crippen LogP contribution in [0.2, 0.25) is 5.02 Å². The van der Waals surface area contributed by atoms with Crippen LogP contribution in [0.15, 0.2) is 11.0 Å². The zero-order chi connectivity index (χ0) is 14.0. The van der Waals surface area contributed by atoms with Gasteiger partial charge in [-0.1, -0.05) is 31.4 Å². The van der Waals surface area contributed by atoms with Gasteiger partial charge in [0.25, 0.3) is 5.91 Å². The Balaban J connectivity index is 2.62. The van der Waals surface area contributed by atoms with Crippen molar-refractivity contribution in [3.8, 4) is 0 Å². The second kappa shape index (κ2) is 5.44. The maximum absolute atomic E-state index is 11.9. The molecule has 0 radical (unpaired) electrons. The molecule has 0 saturated carbocycles. The minimum atomic E-state index is -0.666. The number of aromatic nitrogens is 3. The van der Waals surface area contributed by atoms with E-state index in [1.165, 1.54) is 10.8 Å². The molecule has 3 N–H and O–H groups in total. The number of amides is 1. The van der Waals surface area contributed by atoms with Crippen LogP contribution < -0.4 is 11.4 Å². The van der Waals surface area contributed by atoms with Gasteiger partial charge >= 0.3 is 5.69 Å². The lowest BCUT2D eigenvalue weighted by atomic mass is 10.2. The van der Waals surface area contributed by atoms with Gasteiger partial charge in [-0.05, 0) is 6.42 Å². The fourth-order valence-electron chi connectivity index (χ4n) is 2.07. The maximum atomic E-state index is 11.9. The molecule has 0 atom stereocenters. The Morgan fingerprint density at radius 1 is 1.53 bits per heavy atom. The molecule has 19 heavy (non-hydrogen) atoms. The Bertz CT molecular complexity index is 674. The number of hydrogen-bond donors (Lipinski definition) is 2. The highest BCUT2D eigenvalue weighted by Crippen LogP contribution is 2.22. The van der Waals surface area contributed by atoms with E-state index < -0.39 is 5.91 Å². The highest BCUT2D eigenvalue weighted by atomic mass is 35.5. The molecule has 6 nitrogen and oxygen atoms in total. The minimum absolute atomic E-state index is 0.140. The molecule has 2 aromatic rings. The number of primary amides is 1. The van der Waals surface area contributed by atoms with Crippen molar-refractivity contribution in [1.82, 2.24) is 14.5 Å². The first-order valence-corrected chi connectivity index (χ1v) is 6.50. The lowest BCUT2D eigenvalue weighted by Gasteiger charge is -2.06. The van der Waals surface area contributed by atoms with Crippen LogP contribution >= 0.6 is 11.6 Å². The van der Waals surface area contributed by atoms with Crippen molar-refractivity contribution in [2.24, 2.45) is 5.73 Å². The number of carbonyl (C=O) groups is 1. The lowest BCUT2D eigenvalue weighted by Crippen LogP contribution is -2.19. The molecule has 1 amide bonds. The number of carbonyl (C=O) groups excluding carboxylic acids is 1. The highest BCUT2D eigenvalue weighted by Gasteiger charge is 2.18. The predicted molar refractivity (Wildman–Crippen MR) is 73.4 cm³/mol. The second-order valence-electron chi connectivity index (χ2n) is 4.33. The largest absolute Gasteiger partial charge is 0.365 e. The average molecular weight is 283 g/mol. The topological polar surface area (TPSA) is 93.8 Å². The van der Waals surface area contributed by atoms with E-state index in [2.05, 4.69) is 16.9 Å². The monoisotopic (exact) mass is 282 g/mol. The van der Waals surface area contributed by atoms with Crippen LogP contribution in [-0.4, -0.2) is 20.4 Å². The van der Waals surface area contributed by atoms with Gasteiger partial charge in [0.15, 0.2) is 5.65 Å². The Morgan fingerprint density at radius 3 is 2.89 bits per heavy atom. The summed E-state index contributed by atoms with van der Waals surface area (Å²) in [6.07, 6.45) is 4.20. The van der Waals surface area contributed by atoms with Crippen LogP contribution in [0.3, 0.4) is 0 Å². The molecule has 0 unspecified atom stereocenters. The zero-order valence-corrected chi connectivity index (χ0v) is 11.3. The predicted octanol–water partition coefficient (Wildman–Crippen LogP) is 1.67. The molecule has 7 heteroatoms. The van der Waals surface area contributed by atoms with E-state index in [9.17, 15) is 9.59 Å². The van der Waals surface area contributed by atoms with E-state index in [1.54, 1.807) is 0 Å². The number of hydrogen-bond acceptors (Lipinski definition) is 3. The number of pyridine rings is 1. The molecule has 2 heterocycles. The summed E-state index contributed by atoms with van der Waals surface area (Å²) in [4.78, 5) is 30.0.